The summed E-state index contributed by atoms with van der Waals surface area (Å²) >= 11 is 0. The van der Waals surface area contributed by atoms with Gasteiger partial charge in [0, 0.05) is 25.3 Å². The highest BCUT2D eigenvalue weighted by Crippen LogP contribution is 2.34. The lowest BCUT2D eigenvalue weighted by molar-refractivity contribution is -0.127. The van der Waals surface area contributed by atoms with Crippen molar-refractivity contribution in [2.24, 2.45) is 0 Å². The molecule has 0 spiro atoms. The van der Waals surface area contributed by atoms with Gasteiger partial charge < -0.3 is 19.5 Å². The van der Waals surface area contributed by atoms with E-state index in [1.54, 1.807) is 6.92 Å². The van der Waals surface area contributed by atoms with E-state index < -0.39 is 36.0 Å². The number of methoxy groups -OCH3 is 1. The number of rotatable bonds is 9. The van der Waals surface area contributed by atoms with Crippen LogP contribution in [0.4, 0.5) is 14.5 Å². The molecule has 10 heteroatoms. The van der Waals surface area contributed by atoms with Gasteiger partial charge >= 0.3 is 0 Å². The number of benzene rings is 2. The molecule has 2 amide bonds. The summed E-state index contributed by atoms with van der Waals surface area (Å²) in [6.07, 6.45) is 0. The van der Waals surface area contributed by atoms with Crippen LogP contribution >= 0.6 is 0 Å². The van der Waals surface area contributed by atoms with Crippen LogP contribution in [0.2, 0.25) is 0 Å². The molecule has 0 fully saturated rings. The van der Waals surface area contributed by atoms with Crippen molar-refractivity contribution in [3.63, 3.8) is 0 Å². The third-order valence-electron chi connectivity index (χ3n) is 4.79. The molecule has 0 aromatic heterocycles. The predicted molar refractivity (Wildman–Crippen MR) is 110 cm³/mol. The van der Waals surface area contributed by atoms with Crippen molar-refractivity contribution >= 4 is 23.3 Å². The molecule has 1 heterocycles. The summed E-state index contributed by atoms with van der Waals surface area (Å²) in [7, 11) is 1.51. The van der Waals surface area contributed by atoms with Crippen LogP contribution in [-0.4, -0.2) is 57.1 Å². The lowest BCUT2D eigenvalue weighted by Gasteiger charge is -2.33. The van der Waals surface area contributed by atoms with Gasteiger partial charge in [-0.15, -0.1) is 0 Å². The summed E-state index contributed by atoms with van der Waals surface area (Å²) in [6.45, 7) is 1.49. The molecule has 0 aliphatic carbocycles. The Balaban J connectivity index is 1.76. The average Bonchev–Trinajstić information content (AvgIpc) is 2.78. The zero-order chi connectivity index (χ0) is 23.3. The first-order valence-corrected chi connectivity index (χ1v) is 9.78. The molecule has 1 atom stereocenters. The maximum Gasteiger partial charge on any atom is 0.265 e. The first-order chi connectivity index (χ1) is 15.3. The zero-order valence-electron chi connectivity index (χ0n) is 17.5. The largest absolute Gasteiger partial charge is 0.485 e. The van der Waals surface area contributed by atoms with E-state index in [9.17, 15) is 23.2 Å². The van der Waals surface area contributed by atoms with Crippen molar-refractivity contribution in [3.8, 4) is 11.5 Å². The minimum Gasteiger partial charge on any atom is -0.485 e. The van der Waals surface area contributed by atoms with Crippen molar-refractivity contribution in [3.05, 3.63) is 53.6 Å². The lowest BCUT2D eigenvalue weighted by atomic mass is 10.1. The minimum absolute atomic E-state index is 0.00306. The summed E-state index contributed by atoms with van der Waals surface area (Å²) in [5.41, 5.74) is 0.468. The van der Waals surface area contributed by atoms with Crippen molar-refractivity contribution in [1.29, 1.82) is 0 Å². The number of carbonyl (C=O) groups is 3. The molecular weight excluding hydrogens is 426 g/mol. The van der Waals surface area contributed by atoms with Gasteiger partial charge in [-0.1, -0.05) is 0 Å². The zero-order valence-corrected chi connectivity index (χ0v) is 17.5. The Kier molecular flexibility index (Phi) is 7.37. The van der Waals surface area contributed by atoms with Gasteiger partial charge in [0.25, 0.3) is 5.91 Å². The Bertz CT molecular complexity index is 1030. The number of amides is 2. The molecule has 0 radical (unpaired) electrons. The molecule has 2 aromatic rings. The lowest BCUT2D eigenvalue weighted by Crippen LogP contribution is -2.51. The number of Topliss-reactive ketones (excluding diaryl/α,β-unsaturated/α-hetero) is 1. The van der Waals surface area contributed by atoms with E-state index >= 15 is 0 Å². The van der Waals surface area contributed by atoms with E-state index in [1.165, 1.54) is 36.3 Å². The second kappa shape index (κ2) is 10.2. The fraction of sp³-hybridized carbons (Fsp3) is 0.318. The number of hydrogen-bond donors (Lipinski definition) is 1. The van der Waals surface area contributed by atoms with E-state index in [0.717, 1.165) is 12.1 Å². The Labute approximate surface area is 183 Å². The number of nitrogens with one attached hydrogen (secondary N) is 1. The number of carbonyl (C=O) groups excluding carboxylic acids is 3. The Hall–Kier alpha value is -3.53. The SMILES string of the molecule is COCCNC(=O)C(C)N1C(=O)COc2ccc(C(=O)COc3ccc(F)c(F)c3)cc21. The van der Waals surface area contributed by atoms with Crippen molar-refractivity contribution in [2.45, 2.75) is 13.0 Å². The van der Waals surface area contributed by atoms with Gasteiger partial charge in [0.2, 0.25) is 5.91 Å². The van der Waals surface area contributed by atoms with Crippen LogP contribution in [0.3, 0.4) is 0 Å². The van der Waals surface area contributed by atoms with Gasteiger partial charge in [-0.05, 0) is 37.3 Å². The molecule has 8 nitrogen and oxygen atoms in total. The van der Waals surface area contributed by atoms with Crippen LogP contribution in [0.25, 0.3) is 0 Å². The maximum absolute atomic E-state index is 13.3. The first-order valence-electron chi connectivity index (χ1n) is 9.78. The second-order valence-corrected chi connectivity index (χ2v) is 6.98. The molecule has 1 aliphatic heterocycles. The fourth-order valence-electron chi connectivity index (χ4n) is 3.11. The van der Waals surface area contributed by atoms with E-state index in [0.29, 0.717) is 12.4 Å². The molecule has 3 rings (SSSR count). The van der Waals surface area contributed by atoms with E-state index in [2.05, 4.69) is 5.32 Å². The van der Waals surface area contributed by atoms with Crippen molar-refractivity contribution in [2.75, 3.05) is 38.4 Å². The number of nitrogens with zero attached hydrogens (tertiary/aromatic N) is 1. The molecule has 1 N–H and O–H groups in total. The van der Waals surface area contributed by atoms with Gasteiger partial charge in [0.05, 0.1) is 12.3 Å². The van der Waals surface area contributed by atoms with Crippen LogP contribution < -0.4 is 19.7 Å². The normalized spacial score (nSPS) is 13.8. The van der Waals surface area contributed by atoms with Gasteiger partial charge in [0.15, 0.2) is 30.6 Å². The highest BCUT2D eigenvalue weighted by molar-refractivity contribution is 6.05. The van der Waals surface area contributed by atoms with Crippen LogP contribution in [-0.2, 0) is 14.3 Å². The van der Waals surface area contributed by atoms with Gasteiger partial charge in [-0.3, -0.25) is 19.3 Å². The fourth-order valence-corrected chi connectivity index (χ4v) is 3.11. The van der Waals surface area contributed by atoms with Gasteiger partial charge in [-0.25, -0.2) is 8.78 Å². The van der Waals surface area contributed by atoms with E-state index in [1.807, 2.05) is 0 Å². The summed E-state index contributed by atoms with van der Waals surface area (Å²) in [5.74, 6) is -3.06. The smallest absolute Gasteiger partial charge is 0.265 e. The Morgan fingerprint density at radius 2 is 1.97 bits per heavy atom. The molecule has 170 valence electrons. The molecule has 1 unspecified atom stereocenters. The second-order valence-electron chi connectivity index (χ2n) is 6.98. The standard InChI is InChI=1S/C22H22F2N2O6/c1-13(22(29)25-7-8-30-2)26-18-9-14(3-6-20(18)32-12-21(26)28)19(27)11-31-15-4-5-16(23)17(24)10-15/h3-6,9-10,13H,7-8,11-12H2,1-2H3,(H,25,29). The summed E-state index contributed by atoms with van der Waals surface area (Å²) in [4.78, 5) is 38.8. The molecule has 1 aliphatic rings. The monoisotopic (exact) mass is 448 g/mol. The topological polar surface area (TPSA) is 94.2 Å². The van der Waals surface area contributed by atoms with Crippen molar-refractivity contribution in [1.82, 2.24) is 5.32 Å². The van der Waals surface area contributed by atoms with Gasteiger partial charge in [-0.2, -0.15) is 0 Å². The van der Waals surface area contributed by atoms with Crippen LogP contribution in [0, 0.1) is 11.6 Å². The molecule has 32 heavy (non-hydrogen) atoms. The van der Waals surface area contributed by atoms with Crippen molar-refractivity contribution < 1.29 is 37.4 Å². The van der Waals surface area contributed by atoms with Crippen LogP contribution in [0.1, 0.15) is 17.3 Å². The summed E-state index contributed by atoms with van der Waals surface area (Å²) < 4.78 is 41.9. The number of fused-ring (bicyclic) bond motifs is 1. The summed E-state index contributed by atoms with van der Waals surface area (Å²) in [5, 5.41) is 2.67. The summed E-state index contributed by atoms with van der Waals surface area (Å²) in [6, 6.07) is 6.54. The minimum atomic E-state index is -1.09. The van der Waals surface area contributed by atoms with Gasteiger partial charge in [0.1, 0.15) is 17.5 Å². The van der Waals surface area contributed by atoms with E-state index in [4.69, 9.17) is 14.2 Å². The molecule has 2 aromatic carbocycles. The third kappa shape index (κ3) is 5.20. The van der Waals surface area contributed by atoms with Crippen LogP contribution in [0.15, 0.2) is 36.4 Å². The highest BCUT2D eigenvalue weighted by atomic mass is 19.2. The maximum atomic E-state index is 13.3. The Morgan fingerprint density at radius 3 is 2.69 bits per heavy atom. The van der Waals surface area contributed by atoms with Crippen LogP contribution in [0.5, 0.6) is 11.5 Å². The molecule has 0 saturated heterocycles. The Morgan fingerprint density at radius 1 is 1.19 bits per heavy atom. The average molecular weight is 448 g/mol. The number of ketones is 1. The van der Waals surface area contributed by atoms with E-state index in [-0.39, 0.29) is 36.1 Å². The predicted octanol–water partition coefficient (Wildman–Crippen LogP) is 2.10. The number of anilines is 1. The molecule has 0 bridgehead atoms. The third-order valence-corrected chi connectivity index (χ3v) is 4.79. The number of hydrogen-bond acceptors (Lipinski definition) is 6. The molecular formula is C22H22F2N2O6. The molecule has 0 saturated carbocycles. The first kappa shape index (κ1) is 23.1. The quantitative estimate of drug-likeness (QED) is 0.467. The number of ether oxygens (including phenoxy) is 3. The number of halogens is 2. The highest BCUT2D eigenvalue weighted by Gasteiger charge is 2.33.